The Kier molecular flexibility index (Phi) is 8.18. The van der Waals surface area contributed by atoms with Gasteiger partial charge in [0.05, 0.1) is 28.6 Å². The van der Waals surface area contributed by atoms with Crippen LogP contribution in [-0.2, 0) is 9.59 Å². The predicted octanol–water partition coefficient (Wildman–Crippen LogP) is 3.58. The SMILES string of the molecule is O=C1CCC(N2C(=O)c3ccc(Nc4cccc(N5CCC(N6CCN7c8cc(-c9ccccc9O)nnc8NC[C@H]7C6)CC5)c4)cc3C2=O)C(=O)N1. The zero-order valence-electron chi connectivity index (χ0n) is 29.0. The van der Waals surface area contributed by atoms with Crippen LogP contribution >= 0.6 is 0 Å². The van der Waals surface area contributed by atoms with Crippen molar-refractivity contribution in [3.05, 3.63) is 83.9 Å². The fourth-order valence-corrected chi connectivity index (χ4v) is 8.45. The van der Waals surface area contributed by atoms with E-state index in [4.69, 9.17) is 0 Å². The first-order valence-electron chi connectivity index (χ1n) is 18.2. The lowest BCUT2D eigenvalue weighted by Gasteiger charge is -2.49. The van der Waals surface area contributed by atoms with Gasteiger partial charge in [-0.3, -0.25) is 34.3 Å². The van der Waals surface area contributed by atoms with Gasteiger partial charge in [0.2, 0.25) is 11.8 Å². The molecular weight excluding hydrogens is 674 g/mol. The molecule has 14 heteroatoms. The lowest BCUT2D eigenvalue weighted by atomic mass is 9.98. The number of phenols is 1. The van der Waals surface area contributed by atoms with E-state index in [1.165, 1.54) is 0 Å². The number of fused-ring (bicyclic) bond motifs is 4. The predicted molar refractivity (Wildman–Crippen MR) is 198 cm³/mol. The van der Waals surface area contributed by atoms with Gasteiger partial charge < -0.3 is 25.5 Å². The highest BCUT2D eigenvalue weighted by molar-refractivity contribution is 6.23. The summed E-state index contributed by atoms with van der Waals surface area (Å²) in [5, 5.41) is 28.4. The molecule has 270 valence electrons. The molecular formula is C39H39N9O5. The zero-order valence-corrected chi connectivity index (χ0v) is 29.0. The van der Waals surface area contributed by atoms with Gasteiger partial charge in [0.25, 0.3) is 11.8 Å². The van der Waals surface area contributed by atoms with E-state index in [-0.39, 0.29) is 29.7 Å². The van der Waals surface area contributed by atoms with Crippen molar-refractivity contribution < 1.29 is 24.3 Å². The molecule has 4 N–H and O–H groups in total. The molecule has 0 radical (unpaired) electrons. The largest absolute Gasteiger partial charge is 0.507 e. The molecule has 0 aliphatic carbocycles. The Morgan fingerprint density at radius 3 is 2.40 bits per heavy atom. The number of phenolic OH excluding ortho intramolecular Hbond substituents is 1. The third-order valence-corrected chi connectivity index (χ3v) is 11.2. The summed E-state index contributed by atoms with van der Waals surface area (Å²) in [4.78, 5) is 59.0. The first-order valence-corrected chi connectivity index (χ1v) is 18.2. The third-order valence-electron chi connectivity index (χ3n) is 11.2. The molecule has 0 spiro atoms. The van der Waals surface area contributed by atoms with Gasteiger partial charge in [0.15, 0.2) is 5.82 Å². The first-order chi connectivity index (χ1) is 25.8. The number of amides is 4. The Balaban J connectivity index is 0.820. The van der Waals surface area contributed by atoms with Crippen molar-refractivity contribution >= 4 is 52.2 Å². The molecule has 9 rings (SSSR count). The Bertz CT molecular complexity index is 2150. The van der Waals surface area contributed by atoms with Crippen LogP contribution in [0.4, 0.5) is 28.6 Å². The number of piperidine rings is 2. The summed E-state index contributed by atoms with van der Waals surface area (Å²) in [6, 6.07) is 22.3. The van der Waals surface area contributed by atoms with E-state index < -0.39 is 29.7 Å². The summed E-state index contributed by atoms with van der Waals surface area (Å²) in [6.45, 7) is 5.51. The highest BCUT2D eigenvalue weighted by atomic mass is 16.3. The summed E-state index contributed by atoms with van der Waals surface area (Å²) in [5.41, 5.74) is 5.50. The lowest BCUT2D eigenvalue weighted by Crippen LogP contribution is -2.61. The van der Waals surface area contributed by atoms with Crippen molar-refractivity contribution in [2.75, 3.05) is 59.7 Å². The van der Waals surface area contributed by atoms with Gasteiger partial charge in [-0.05, 0) is 73.9 Å². The number of aromatic nitrogens is 2. The molecule has 1 unspecified atom stereocenters. The number of nitrogens with one attached hydrogen (secondary N) is 3. The number of hydrogen-bond donors (Lipinski definition) is 4. The minimum atomic E-state index is -0.996. The highest BCUT2D eigenvalue weighted by Gasteiger charge is 2.44. The number of nitrogens with zero attached hydrogens (tertiary/aromatic N) is 6. The summed E-state index contributed by atoms with van der Waals surface area (Å²) in [6.07, 6.45) is 2.31. The zero-order chi connectivity index (χ0) is 36.2. The van der Waals surface area contributed by atoms with Crippen molar-refractivity contribution in [3.8, 4) is 17.0 Å². The number of para-hydroxylation sites is 1. The molecule has 4 amide bonds. The van der Waals surface area contributed by atoms with Crippen LogP contribution in [-0.4, -0.2) is 106 Å². The Morgan fingerprint density at radius 1 is 0.755 bits per heavy atom. The lowest BCUT2D eigenvalue weighted by molar-refractivity contribution is -0.136. The number of aromatic hydroxyl groups is 1. The second-order valence-corrected chi connectivity index (χ2v) is 14.3. The number of anilines is 5. The Labute approximate surface area is 305 Å². The van der Waals surface area contributed by atoms with Crippen LogP contribution in [0.2, 0.25) is 0 Å². The molecule has 6 heterocycles. The number of imide groups is 2. The second-order valence-electron chi connectivity index (χ2n) is 14.3. The average molecular weight is 714 g/mol. The quantitative estimate of drug-likeness (QED) is 0.215. The fraction of sp³-hybridized carbons (Fsp3) is 0.333. The molecule has 0 saturated carbocycles. The molecule has 0 bridgehead atoms. The molecule has 3 saturated heterocycles. The summed E-state index contributed by atoms with van der Waals surface area (Å²) in [7, 11) is 0. The molecule has 53 heavy (non-hydrogen) atoms. The number of benzene rings is 3. The van der Waals surface area contributed by atoms with Gasteiger partial charge in [-0.25, -0.2) is 0 Å². The van der Waals surface area contributed by atoms with Crippen molar-refractivity contribution in [1.82, 2.24) is 25.3 Å². The average Bonchev–Trinajstić information content (AvgIpc) is 3.42. The number of rotatable bonds is 6. The van der Waals surface area contributed by atoms with Crippen molar-refractivity contribution in [3.63, 3.8) is 0 Å². The van der Waals surface area contributed by atoms with Crippen molar-refractivity contribution in [1.29, 1.82) is 0 Å². The van der Waals surface area contributed by atoms with Crippen LogP contribution in [0.25, 0.3) is 11.3 Å². The molecule has 2 atom stereocenters. The number of hydrogen-bond acceptors (Lipinski definition) is 12. The van der Waals surface area contributed by atoms with E-state index >= 15 is 0 Å². The molecule has 3 fully saturated rings. The normalized spacial score (nSPS) is 21.8. The molecule has 3 aromatic carbocycles. The van der Waals surface area contributed by atoms with Crippen LogP contribution in [0.3, 0.4) is 0 Å². The molecule has 14 nitrogen and oxygen atoms in total. The van der Waals surface area contributed by atoms with E-state index in [1.807, 2.05) is 30.3 Å². The van der Waals surface area contributed by atoms with Gasteiger partial charge >= 0.3 is 0 Å². The fourth-order valence-electron chi connectivity index (χ4n) is 8.45. The van der Waals surface area contributed by atoms with Crippen LogP contribution in [0.1, 0.15) is 46.4 Å². The van der Waals surface area contributed by atoms with Gasteiger partial charge in [0, 0.05) is 74.4 Å². The smallest absolute Gasteiger partial charge is 0.262 e. The summed E-state index contributed by atoms with van der Waals surface area (Å²) in [5.74, 6) is -1.09. The number of carbonyl (C=O) groups excluding carboxylic acids is 4. The topological polar surface area (TPSA) is 163 Å². The third kappa shape index (κ3) is 5.98. The standard InChI is InChI=1S/C39H39N9O5/c49-34-7-2-1-6-29(34)31-20-33-36(44-43-31)40-21-27-22-46(16-17-47(27)33)25-12-14-45(15-13-25)26-5-3-4-23(18-26)41-24-8-9-28-30(19-24)39(53)48(38(28)52)32-10-11-35(50)42-37(32)51/h1-9,18-20,25,27,32,41,49H,10-17,21-22H2,(H,40,44)(H,42,50,51)/t27-,32?/m0/s1. The van der Waals surface area contributed by atoms with Gasteiger partial charge in [-0.1, -0.05) is 18.2 Å². The van der Waals surface area contributed by atoms with Crippen LogP contribution in [0.5, 0.6) is 5.75 Å². The van der Waals surface area contributed by atoms with Gasteiger partial charge in [0.1, 0.15) is 11.8 Å². The minimum absolute atomic E-state index is 0.0793. The van der Waals surface area contributed by atoms with E-state index in [2.05, 4.69) is 53.0 Å². The maximum absolute atomic E-state index is 13.3. The maximum Gasteiger partial charge on any atom is 0.262 e. The van der Waals surface area contributed by atoms with Crippen molar-refractivity contribution in [2.45, 2.75) is 43.8 Å². The van der Waals surface area contributed by atoms with E-state index in [0.717, 1.165) is 79.9 Å². The van der Waals surface area contributed by atoms with Gasteiger partial charge in [-0.2, -0.15) is 0 Å². The van der Waals surface area contributed by atoms with Crippen LogP contribution in [0, 0.1) is 0 Å². The summed E-state index contributed by atoms with van der Waals surface area (Å²) < 4.78 is 0. The van der Waals surface area contributed by atoms with E-state index in [9.17, 15) is 24.3 Å². The summed E-state index contributed by atoms with van der Waals surface area (Å²) >= 11 is 0. The van der Waals surface area contributed by atoms with E-state index in [1.54, 1.807) is 30.3 Å². The maximum atomic E-state index is 13.3. The molecule has 4 aromatic rings. The molecule has 5 aliphatic heterocycles. The number of carbonyl (C=O) groups is 4. The second kappa shape index (κ2) is 13.2. The first kappa shape index (κ1) is 32.9. The minimum Gasteiger partial charge on any atom is -0.507 e. The van der Waals surface area contributed by atoms with Gasteiger partial charge in [-0.15, -0.1) is 10.2 Å². The van der Waals surface area contributed by atoms with Crippen LogP contribution < -0.4 is 25.8 Å². The highest BCUT2D eigenvalue weighted by Crippen LogP contribution is 2.37. The number of piperazine rings is 1. The molecule has 5 aliphatic rings. The monoisotopic (exact) mass is 713 g/mol. The van der Waals surface area contributed by atoms with Crippen molar-refractivity contribution in [2.24, 2.45) is 0 Å². The Hall–Kier alpha value is -6.02. The van der Waals surface area contributed by atoms with Crippen LogP contribution in [0.15, 0.2) is 72.8 Å². The Morgan fingerprint density at radius 2 is 1.57 bits per heavy atom. The molecule has 1 aromatic heterocycles. The van der Waals surface area contributed by atoms with E-state index in [0.29, 0.717) is 29.0 Å².